The molecule has 0 saturated carbocycles. The Labute approximate surface area is 78.6 Å². The van der Waals surface area contributed by atoms with E-state index in [2.05, 4.69) is 4.98 Å². The van der Waals surface area contributed by atoms with Crippen LogP contribution in [0.5, 0.6) is 0 Å². The SMILES string of the molecule is CC(C)c1c[nH]c(=O)n1CC(F)(F)F. The molecule has 0 spiro atoms. The molecule has 1 N–H and O–H groups in total. The summed E-state index contributed by atoms with van der Waals surface area (Å²) < 4.78 is 36.9. The highest BCUT2D eigenvalue weighted by molar-refractivity contribution is 5.04. The Morgan fingerprint density at radius 1 is 1.50 bits per heavy atom. The highest BCUT2D eigenvalue weighted by atomic mass is 19.4. The molecule has 0 atom stereocenters. The van der Waals surface area contributed by atoms with Gasteiger partial charge in [0.2, 0.25) is 0 Å². The largest absolute Gasteiger partial charge is 0.406 e. The second-order valence-electron chi connectivity index (χ2n) is 3.37. The fourth-order valence-electron chi connectivity index (χ4n) is 1.23. The predicted molar refractivity (Wildman–Crippen MR) is 45.2 cm³/mol. The summed E-state index contributed by atoms with van der Waals surface area (Å²) in [6.07, 6.45) is -3.05. The van der Waals surface area contributed by atoms with E-state index in [9.17, 15) is 18.0 Å². The van der Waals surface area contributed by atoms with Crippen LogP contribution in [-0.4, -0.2) is 15.7 Å². The number of hydrogen-bond donors (Lipinski definition) is 1. The second-order valence-corrected chi connectivity index (χ2v) is 3.37. The summed E-state index contributed by atoms with van der Waals surface area (Å²) in [4.78, 5) is 13.3. The molecule has 0 saturated heterocycles. The van der Waals surface area contributed by atoms with E-state index >= 15 is 0 Å². The molecule has 80 valence electrons. The Balaban J connectivity index is 3.06. The van der Waals surface area contributed by atoms with E-state index < -0.39 is 18.4 Å². The lowest BCUT2D eigenvalue weighted by molar-refractivity contribution is -0.141. The van der Waals surface area contributed by atoms with Crippen molar-refractivity contribution in [3.05, 3.63) is 22.4 Å². The molecule has 0 aliphatic carbocycles. The van der Waals surface area contributed by atoms with E-state index in [1.807, 2.05) is 0 Å². The third kappa shape index (κ3) is 2.40. The van der Waals surface area contributed by atoms with Crippen LogP contribution in [0.3, 0.4) is 0 Å². The third-order valence-corrected chi connectivity index (χ3v) is 1.83. The van der Waals surface area contributed by atoms with Gasteiger partial charge in [-0.25, -0.2) is 4.79 Å². The summed E-state index contributed by atoms with van der Waals surface area (Å²) in [5, 5.41) is 0. The molecule has 0 unspecified atom stereocenters. The average Bonchev–Trinajstić information content (AvgIpc) is 2.29. The van der Waals surface area contributed by atoms with Crippen molar-refractivity contribution in [3.63, 3.8) is 0 Å². The molecule has 0 bridgehead atoms. The van der Waals surface area contributed by atoms with Gasteiger partial charge in [0.05, 0.1) is 0 Å². The quantitative estimate of drug-likeness (QED) is 0.791. The van der Waals surface area contributed by atoms with Gasteiger partial charge < -0.3 is 4.98 Å². The molecule has 0 aliphatic heterocycles. The summed E-state index contributed by atoms with van der Waals surface area (Å²) in [5.41, 5.74) is -0.349. The van der Waals surface area contributed by atoms with Gasteiger partial charge in [0, 0.05) is 11.9 Å². The molecule has 0 aliphatic rings. The van der Waals surface area contributed by atoms with Crippen LogP contribution in [0.15, 0.2) is 11.0 Å². The van der Waals surface area contributed by atoms with Gasteiger partial charge in [0.25, 0.3) is 0 Å². The van der Waals surface area contributed by atoms with Gasteiger partial charge in [-0.2, -0.15) is 13.2 Å². The zero-order valence-electron chi connectivity index (χ0n) is 7.85. The minimum absolute atomic E-state index is 0.115. The summed E-state index contributed by atoms with van der Waals surface area (Å²) in [7, 11) is 0. The Morgan fingerprint density at radius 2 is 2.07 bits per heavy atom. The second kappa shape index (κ2) is 3.51. The minimum Gasteiger partial charge on any atom is -0.312 e. The van der Waals surface area contributed by atoms with Crippen molar-refractivity contribution in [2.45, 2.75) is 32.5 Å². The molecule has 3 nitrogen and oxygen atoms in total. The number of rotatable bonds is 2. The summed E-state index contributed by atoms with van der Waals surface area (Å²) >= 11 is 0. The van der Waals surface area contributed by atoms with Crippen molar-refractivity contribution >= 4 is 0 Å². The Morgan fingerprint density at radius 3 is 2.50 bits per heavy atom. The number of aromatic nitrogens is 2. The van der Waals surface area contributed by atoms with Crippen molar-refractivity contribution in [2.24, 2.45) is 0 Å². The van der Waals surface area contributed by atoms with Gasteiger partial charge in [-0.15, -0.1) is 0 Å². The maximum atomic E-state index is 12.1. The maximum absolute atomic E-state index is 12.1. The molecule has 0 aromatic carbocycles. The lowest BCUT2D eigenvalue weighted by atomic mass is 10.1. The van der Waals surface area contributed by atoms with Crippen LogP contribution in [0.1, 0.15) is 25.5 Å². The van der Waals surface area contributed by atoms with Crippen LogP contribution >= 0.6 is 0 Å². The molecular formula is C8H11F3N2O. The lowest BCUT2D eigenvalue weighted by Crippen LogP contribution is -2.28. The average molecular weight is 208 g/mol. The van der Waals surface area contributed by atoms with E-state index in [4.69, 9.17) is 0 Å². The van der Waals surface area contributed by atoms with Crippen LogP contribution in [-0.2, 0) is 6.54 Å². The first-order chi connectivity index (χ1) is 6.31. The zero-order chi connectivity index (χ0) is 10.9. The van der Waals surface area contributed by atoms with Gasteiger partial charge in [-0.1, -0.05) is 13.8 Å². The van der Waals surface area contributed by atoms with Crippen molar-refractivity contribution in [1.29, 1.82) is 0 Å². The van der Waals surface area contributed by atoms with E-state index in [1.54, 1.807) is 13.8 Å². The summed E-state index contributed by atoms with van der Waals surface area (Å²) in [6, 6.07) is 0. The van der Waals surface area contributed by atoms with Crippen molar-refractivity contribution in [2.75, 3.05) is 0 Å². The lowest BCUT2D eigenvalue weighted by Gasteiger charge is -2.11. The van der Waals surface area contributed by atoms with Crippen LogP contribution in [0.2, 0.25) is 0 Å². The van der Waals surface area contributed by atoms with Crippen molar-refractivity contribution < 1.29 is 13.2 Å². The highest BCUT2D eigenvalue weighted by Gasteiger charge is 2.30. The highest BCUT2D eigenvalue weighted by Crippen LogP contribution is 2.19. The number of halogens is 3. The molecule has 14 heavy (non-hydrogen) atoms. The normalized spacial score (nSPS) is 12.4. The van der Waals surface area contributed by atoms with Crippen molar-refractivity contribution in [3.8, 4) is 0 Å². The summed E-state index contributed by atoms with van der Waals surface area (Å²) in [5.74, 6) is -0.115. The fourth-order valence-corrected chi connectivity index (χ4v) is 1.23. The number of aromatic amines is 1. The number of imidazole rings is 1. The van der Waals surface area contributed by atoms with Gasteiger partial charge in [0.15, 0.2) is 0 Å². The maximum Gasteiger partial charge on any atom is 0.406 e. The number of nitrogens with one attached hydrogen (secondary N) is 1. The van der Waals surface area contributed by atoms with E-state index in [1.165, 1.54) is 6.20 Å². The molecule has 6 heteroatoms. The van der Waals surface area contributed by atoms with Gasteiger partial charge in [0.1, 0.15) is 6.54 Å². The monoisotopic (exact) mass is 208 g/mol. The molecule has 1 heterocycles. The molecule has 0 fully saturated rings. The Hall–Kier alpha value is -1.20. The van der Waals surface area contributed by atoms with Crippen LogP contribution in [0.4, 0.5) is 13.2 Å². The van der Waals surface area contributed by atoms with Gasteiger partial charge >= 0.3 is 11.9 Å². The topological polar surface area (TPSA) is 37.8 Å². The molecule has 0 amide bonds. The molecule has 1 aromatic rings. The molecule has 1 rings (SSSR count). The van der Waals surface area contributed by atoms with Crippen LogP contribution < -0.4 is 5.69 Å². The third-order valence-electron chi connectivity index (χ3n) is 1.83. The minimum atomic E-state index is -4.37. The number of H-pyrrole nitrogens is 1. The first-order valence-electron chi connectivity index (χ1n) is 4.16. The molecule has 1 aromatic heterocycles. The first kappa shape index (κ1) is 10.9. The van der Waals surface area contributed by atoms with Crippen LogP contribution in [0, 0.1) is 0 Å². The first-order valence-corrected chi connectivity index (χ1v) is 4.16. The summed E-state index contributed by atoms with van der Waals surface area (Å²) in [6.45, 7) is 2.23. The number of nitrogens with zero attached hydrogens (tertiary/aromatic N) is 1. The van der Waals surface area contributed by atoms with E-state index in [0.717, 1.165) is 0 Å². The smallest absolute Gasteiger partial charge is 0.312 e. The standard InChI is InChI=1S/C8H11F3N2O/c1-5(2)6-3-12-7(14)13(6)4-8(9,10)11/h3,5H,4H2,1-2H3,(H,12,14). The van der Waals surface area contributed by atoms with E-state index in [-0.39, 0.29) is 5.92 Å². The molecule has 0 radical (unpaired) electrons. The van der Waals surface area contributed by atoms with Crippen LogP contribution in [0.25, 0.3) is 0 Å². The predicted octanol–water partition coefficient (Wildman–Crippen LogP) is 1.86. The number of alkyl halides is 3. The number of hydrogen-bond acceptors (Lipinski definition) is 1. The van der Waals surface area contributed by atoms with Gasteiger partial charge in [-0.3, -0.25) is 4.57 Å². The zero-order valence-corrected chi connectivity index (χ0v) is 7.85. The van der Waals surface area contributed by atoms with E-state index in [0.29, 0.717) is 10.3 Å². The Bertz CT molecular complexity index is 361. The Kier molecular flexibility index (Phi) is 2.73. The molecular weight excluding hydrogens is 197 g/mol. The fraction of sp³-hybridized carbons (Fsp3) is 0.625. The van der Waals surface area contributed by atoms with Crippen molar-refractivity contribution in [1.82, 2.24) is 9.55 Å². The van der Waals surface area contributed by atoms with Gasteiger partial charge in [-0.05, 0) is 5.92 Å².